The van der Waals surface area contributed by atoms with Crippen LogP contribution in [-0.4, -0.2) is 36.1 Å². The van der Waals surface area contributed by atoms with Gasteiger partial charge in [-0.3, -0.25) is 0 Å². The Kier molecular flexibility index (Phi) is 4.54. The summed E-state index contributed by atoms with van der Waals surface area (Å²) in [5, 5.41) is 4.83. The highest BCUT2D eigenvalue weighted by Crippen LogP contribution is 2.19. The standard InChI is InChI=1S/C13H23N3S/c1-10-7-15-13(17-10)8-14-11(2)12-5-4-6-16(3)9-12/h7,11-12,14H,4-6,8-9H2,1-3H3. The molecule has 2 rings (SSSR count). The summed E-state index contributed by atoms with van der Waals surface area (Å²) < 4.78 is 0. The lowest BCUT2D eigenvalue weighted by Crippen LogP contribution is -2.42. The molecule has 2 unspecified atom stereocenters. The third-order valence-electron chi connectivity index (χ3n) is 3.61. The Labute approximate surface area is 108 Å². The van der Waals surface area contributed by atoms with Crippen molar-refractivity contribution in [3.05, 3.63) is 16.1 Å². The normalized spacial score (nSPS) is 23.8. The third-order valence-corrected chi connectivity index (χ3v) is 4.53. The van der Waals surface area contributed by atoms with Crippen molar-refractivity contribution in [3.8, 4) is 0 Å². The van der Waals surface area contributed by atoms with Gasteiger partial charge in [0.1, 0.15) is 5.01 Å². The van der Waals surface area contributed by atoms with Crippen molar-refractivity contribution in [1.82, 2.24) is 15.2 Å². The molecule has 1 aliphatic heterocycles. The molecule has 1 aromatic heterocycles. The number of likely N-dealkylation sites (tertiary alicyclic amines) is 1. The molecule has 0 spiro atoms. The van der Waals surface area contributed by atoms with Crippen LogP contribution < -0.4 is 5.32 Å². The van der Waals surface area contributed by atoms with Gasteiger partial charge in [0.2, 0.25) is 0 Å². The van der Waals surface area contributed by atoms with E-state index in [-0.39, 0.29) is 0 Å². The van der Waals surface area contributed by atoms with Gasteiger partial charge in [0, 0.05) is 30.2 Å². The van der Waals surface area contributed by atoms with Crippen LogP contribution in [0, 0.1) is 12.8 Å². The zero-order chi connectivity index (χ0) is 12.3. The summed E-state index contributed by atoms with van der Waals surface area (Å²) in [5.41, 5.74) is 0. The Morgan fingerprint density at radius 3 is 3.12 bits per heavy atom. The Hall–Kier alpha value is -0.450. The molecular weight excluding hydrogens is 230 g/mol. The van der Waals surface area contributed by atoms with Crippen molar-refractivity contribution in [2.45, 2.75) is 39.3 Å². The molecule has 0 aromatic carbocycles. The fourth-order valence-electron chi connectivity index (χ4n) is 2.51. The van der Waals surface area contributed by atoms with Gasteiger partial charge in [-0.15, -0.1) is 11.3 Å². The molecule has 2 atom stereocenters. The van der Waals surface area contributed by atoms with E-state index in [1.807, 2.05) is 6.20 Å². The van der Waals surface area contributed by atoms with Crippen LogP contribution in [0.1, 0.15) is 29.7 Å². The van der Waals surface area contributed by atoms with E-state index >= 15 is 0 Å². The van der Waals surface area contributed by atoms with E-state index in [4.69, 9.17) is 0 Å². The van der Waals surface area contributed by atoms with Crippen molar-refractivity contribution in [1.29, 1.82) is 0 Å². The number of aryl methyl sites for hydroxylation is 1. The summed E-state index contributed by atoms with van der Waals surface area (Å²) in [6, 6.07) is 0.585. The molecule has 0 aliphatic carbocycles. The Morgan fingerprint density at radius 2 is 2.47 bits per heavy atom. The van der Waals surface area contributed by atoms with Crippen molar-refractivity contribution in [2.24, 2.45) is 5.92 Å². The number of nitrogens with one attached hydrogen (secondary N) is 1. The molecule has 3 nitrogen and oxygen atoms in total. The number of aromatic nitrogens is 1. The maximum absolute atomic E-state index is 4.39. The molecule has 2 heterocycles. The zero-order valence-corrected chi connectivity index (χ0v) is 11.9. The SMILES string of the molecule is Cc1cnc(CNC(C)C2CCCN(C)C2)s1. The van der Waals surface area contributed by atoms with E-state index in [2.05, 4.69) is 36.1 Å². The van der Waals surface area contributed by atoms with E-state index in [1.165, 1.54) is 35.8 Å². The number of rotatable bonds is 4. The van der Waals surface area contributed by atoms with Crippen LogP contribution in [0.4, 0.5) is 0 Å². The van der Waals surface area contributed by atoms with Crippen molar-refractivity contribution in [3.63, 3.8) is 0 Å². The first kappa shape index (κ1) is 13.0. The Balaban J connectivity index is 1.78. The number of hydrogen-bond donors (Lipinski definition) is 1. The van der Waals surface area contributed by atoms with Crippen molar-refractivity contribution < 1.29 is 0 Å². The minimum absolute atomic E-state index is 0.585. The number of piperidine rings is 1. The molecule has 1 N–H and O–H groups in total. The molecule has 1 aromatic rings. The lowest BCUT2D eigenvalue weighted by molar-refractivity contribution is 0.178. The Bertz CT molecular complexity index is 350. The van der Waals surface area contributed by atoms with Crippen molar-refractivity contribution in [2.75, 3.05) is 20.1 Å². The van der Waals surface area contributed by atoms with Crippen LogP contribution in [0.25, 0.3) is 0 Å². The minimum atomic E-state index is 0.585. The van der Waals surface area contributed by atoms with Gasteiger partial charge in [0.05, 0.1) is 0 Å². The number of nitrogens with zero attached hydrogens (tertiary/aromatic N) is 2. The molecule has 0 bridgehead atoms. The first-order chi connectivity index (χ1) is 8.15. The summed E-state index contributed by atoms with van der Waals surface area (Å²) in [4.78, 5) is 8.14. The summed E-state index contributed by atoms with van der Waals surface area (Å²) in [6.07, 6.45) is 4.65. The summed E-state index contributed by atoms with van der Waals surface area (Å²) >= 11 is 1.79. The molecule has 4 heteroatoms. The molecule has 0 saturated carbocycles. The third kappa shape index (κ3) is 3.76. The lowest BCUT2D eigenvalue weighted by atomic mass is 9.92. The highest BCUT2D eigenvalue weighted by molar-refractivity contribution is 7.11. The van der Waals surface area contributed by atoms with Crippen LogP contribution in [0.3, 0.4) is 0 Å². The minimum Gasteiger partial charge on any atom is -0.308 e. The first-order valence-electron chi connectivity index (χ1n) is 6.48. The Morgan fingerprint density at radius 1 is 1.65 bits per heavy atom. The smallest absolute Gasteiger partial charge is 0.107 e. The van der Waals surface area contributed by atoms with E-state index in [0.717, 1.165) is 12.5 Å². The van der Waals surface area contributed by atoms with Gasteiger partial charge in [0.15, 0.2) is 0 Å². The summed E-state index contributed by atoms with van der Waals surface area (Å²) in [7, 11) is 2.23. The van der Waals surface area contributed by atoms with Gasteiger partial charge in [-0.2, -0.15) is 0 Å². The predicted molar refractivity (Wildman–Crippen MR) is 73.4 cm³/mol. The molecule has 0 amide bonds. The lowest BCUT2D eigenvalue weighted by Gasteiger charge is -2.33. The van der Waals surface area contributed by atoms with Gasteiger partial charge in [-0.25, -0.2) is 4.98 Å². The van der Waals surface area contributed by atoms with E-state index in [1.54, 1.807) is 11.3 Å². The largest absolute Gasteiger partial charge is 0.308 e. The topological polar surface area (TPSA) is 28.2 Å². The average molecular weight is 253 g/mol. The quantitative estimate of drug-likeness (QED) is 0.892. The highest BCUT2D eigenvalue weighted by atomic mass is 32.1. The second kappa shape index (κ2) is 5.94. The number of thiazole rings is 1. The van der Waals surface area contributed by atoms with Crippen LogP contribution in [0.15, 0.2) is 6.20 Å². The zero-order valence-electron chi connectivity index (χ0n) is 11.1. The van der Waals surface area contributed by atoms with E-state index in [0.29, 0.717) is 6.04 Å². The summed E-state index contributed by atoms with van der Waals surface area (Å²) in [5.74, 6) is 0.787. The van der Waals surface area contributed by atoms with Crippen LogP contribution in [0.2, 0.25) is 0 Å². The summed E-state index contributed by atoms with van der Waals surface area (Å²) in [6.45, 7) is 7.82. The van der Waals surface area contributed by atoms with Crippen LogP contribution in [-0.2, 0) is 6.54 Å². The molecule has 1 aliphatic rings. The second-order valence-corrected chi connectivity index (χ2v) is 6.52. The predicted octanol–water partition coefficient (Wildman–Crippen LogP) is 2.27. The molecule has 1 saturated heterocycles. The molecule has 0 radical (unpaired) electrons. The monoisotopic (exact) mass is 253 g/mol. The fourth-order valence-corrected chi connectivity index (χ4v) is 3.25. The van der Waals surface area contributed by atoms with E-state index in [9.17, 15) is 0 Å². The highest BCUT2D eigenvalue weighted by Gasteiger charge is 2.22. The van der Waals surface area contributed by atoms with Crippen LogP contribution >= 0.6 is 11.3 Å². The van der Waals surface area contributed by atoms with Crippen molar-refractivity contribution >= 4 is 11.3 Å². The van der Waals surface area contributed by atoms with E-state index < -0.39 is 0 Å². The van der Waals surface area contributed by atoms with Gasteiger partial charge >= 0.3 is 0 Å². The van der Waals surface area contributed by atoms with Gasteiger partial charge in [-0.1, -0.05) is 0 Å². The maximum atomic E-state index is 4.39. The number of hydrogen-bond acceptors (Lipinski definition) is 4. The molecule has 96 valence electrons. The average Bonchev–Trinajstić information content (AvgIpc) is 2.72. The molecule has 1 fully saturated rings. The second-order valence-electron chi connectivity index (χ2n) is 5.20. The van der Waals surface area contributed by atoms with Gasteiger partial charge < -0.3 is 10.2 Å². The maximum Gasteiger partial charge on any atom is 0.107 e. The fraction of sp³-hybridized carbons (Fsp3) is 0.769. The van der Waals surface area contributed by atoms with Crippen LogP contribution in [0.5, 0.6) is 0 Å². The van der Waals surface area contributed by atoms with Gasteiger partial charge in [0.25, 0.3) is 0 Å². The molecule has 17 heavy (non-hydrogen) atoms. The van der Waals surface area contributed by atoms with Gasteiger partial charge in [-0.05, 0) is 46.2 Å². The molecular formula is C13H23N3S. The first-order valence-corrected chi connectivity index (χ1v) is 7.30.